The first-order valence-electron chi connectivity index (χ1n) is 9.97. The molecule has 4 rings (SSSR count). The molecule has 31 heavy (non-hydrogen) atoms. The topological polar surface area (TPSA) is 51.5 Å². The molecule has 1 aromatic heterocycles. The maximum atomic E-state index is 13.3. The number of carbonyl (C=O) groups is 1. The normalized spacial score (nSPS) is 19.3. The number of fused-ring (bicyclic) bond motifs is 1. The summed E-state index contributed by atoms with van der Waals surface area (Å²) in [6.45, 7) is 2.05. The number of hydrogen-bond donors (Lipinski definition) is 1. The van der Waals surface area contributed by atoms with Crippen molar-refractivity contribution in [2.75, 3.05) is 6.61 Å². The fraction of sp³-hybridized carbons (Fsp3) is 0.348. The highest BCUT2D eigenvalue weighted by molar-refractivity contribution is 5.79. The SMILES string of the molecule is C[C@@H](NC(=O)C[C@H]1C[C@H]1COc1cccc(C(F)(F)F)c1)c1cc2cc(F)ccc2o1. The van der Waals surface area contributed by atoms with Crippen LogP contribution < -0.4 is 10.1 Å². The van der Waals surface area contributed by atoms with Gasteiger partial charge in [0.25, 0.3) is 0 Å². The smallest absolute Gasteiger partial charge is 0.416 e. The maximum absolute atomic E-state index is 13.3. The molecule has 1 amide bonds. The van der Waals surface area contributed by atoms with Crippen LogP contribution in [0.3, 0.4) is 0 Å². The van der Waals surface area contributed by atoms with E-state index in [2.05, 4.69) is 5.32 Å². The first-order valence-corrected chi connectivity index (χ1v) is 9.97. The van der Waals surface area contributed by atoms with Gasteiger partial charge in [-0.1, -0.05) is 6.07 Å². The summed E-state index contributed by atoms with van der Waals surface area (Å²) in [7, 11) is 0. The van der Waals surface area contributed by atoms with Gasteiger partial charge in [-0.2, -0.15) is 13.2 Å². The summed E-state index contributed by atoms with van der Waals surface area (Å²) in [5.74, 6) is 0.455. The molecule has 1 saturated carbocycles. The van der Waals surface area contributed by atoms with Crippen molar-refractivity contribution in [1.29, 1.82) is 0 Å². The van der Waals surface area contributed by atoms with E-state index < -0.39 is 11.7 Å². The Hall–Kier alpha value is -3.03. The van der Waals surface area contributed by atoms with Crippen molar-refractivity contribution >= 4 is 16.9 Å². The van der Waals surface area contributed by atoms with Crippen LogP contribution in [0.15, 0.2) is 52.9 Å². The molecule has 1 aliphatic carbocycles. The van der Waals surface area contributed by atoms with Crippen LogP contribution in [0.2, 0.25) is 0 Å². The Bertz CT molecular complexity index is 1090. The molecule has 4 nitrogen and oxygen atoms in total. The lowest BCUT2D eigenvalue weighted by atomic mass is 10.2. The third kappa shape index (κ3) is 5.18. The average molecular weight is 435 g/mol. The zero-order chi connectivity index (χ0) is 22.2. The van der Waals surface area contributed by atoms with Gasteiger partial charge in [-0.25, -0.2) is 4.39 Å². The van der Waals surface area contributed by atoms with Crippen LogP contribution in [0.5, 0.6) is 5.75 Å². The number of nitrogens with one attached hydrogen (secondary N) is 1. The summed E-state index contributed by atoms with van der Waals surface area (Å²) in [4.78, 5) is 12.3. The molecule has 0 saturated heterocycles. The molecule has 164 valence electrons. The van der Waals surface area contributed by atoms with Gasteiger partial charge in [0.15, 0.2) is 0 Å². The lowest BCUT2D eigenvalue weighted by Gasteiger charge is -2.12. The molecule has 0 radical (unpaired) electrons. The molecule has 3 aromatic rings. The van der Waals surface area contributed by atoms with Gasteiger partial charge in [-0.15, -0.1) is 0 Å². The number of ether oxygens (including phenoxy) is 1. The van der Waals surface area contributed by atoms with Gasteiger partial charge in [-0.3, -0.25) is 4.79 Å². The Balaban J connectivity index is 1.25. The van der Waals surface area contributed by atoms with Gasteiger partial charge < -0.3 is 14.5 Å². The van der Waals surface area contributed by atoms with Gasteiger partial charge >= 0.3 is 6.18 Å². The third-order valence-corrected chi connectivity index (χ3v) is 5.44. The Labute approximate surface area is 176 Å². The predicted octanol–water partition coefficient (Wildman–Crippen LogP) is 5.87. The van der Waals surface area contributed by atoms with Gasteiger partial charge in [0, 0.05) is 11.8 Å². The first kappa shape index (κ1) is 21.2. The Morgan fingerprint density at radius 2 is 2.00 bits per heavy atom. The summed E-state index contributed by atoms with van der Waals surface area (Å²) in [5, 5.41) is 3.50. The first-order chi connectivity index (χ1) is 14.7. The number of benzene rings is 2. The Kier molecular flexibility index (Phi) is 5.64. The number of rotatable bonds is 7. The summed E-state index contributed by atoms with van der Waals surface area (Å²) in [5.41, 5.74) is -0.203. The molecule has 0 spiro atoms. The van der Waals surface area contributed by atoms with Crippen LogP contribution in [0.25, 0.3) is 11.0 Å². The monoisotopic (exact) mass is 435 g/mol. The second-order valence-electron chi connectivity index (χ2n) is 7.92. The summed E-state index contributed by atoms with van der Waals surface area (Å²) < 4.78 is 62.8. The average Bonchev–Trinajstić information content (AvgIpc) is 3.29. The molecule has 2 aromatic carbocycles. The van der Waals surface area contributed by atoms with Crippen LogP contribution in [-0.4, -0.2) is 12.5 Å². The number of hydrogen-bond acceptors (Lipinski definition) is 3. The molecule has 1 fully saturated rings. The van der Waals surface area contributed by atoms with E-state index in [1.54, 1.807) is 19.1 Å². The van der Waals surface area contributed by atoms with Crippen molar-refractivity contribution in [3.63, 3.8) is 0 Å². The molecule has 1 N–H and O–H groups in total. The molecular weight excluding hydrogens is 414 g/mol. The Morgan fingerprint density at radius 3 is 2.77 bits per heavy atom. The largest absolute Gasteiger partial charge is 0.493 e. The fourth-order valence-electron chi connectivity index (χ4n) is 3.59. The minimum atomic E-state index is -4.41. The minimum absolute atomic E-state index is 0.128. The van der Waals surface area contributed by atoms with Crippen molar-refractivity contribution in [3.8, 4) is 5.75 Å². The second-order valence-corrected chi connectivity index (χ2v) is 7.92. The quantitative estimate of drug-likeness (QED) is 0.472. The summed E-state index contributed by atoms with van der Waals surface area (Å²) in [6, 6.07) is 10.3. The van der Waals surface area contributed by atoms with Crippen molar-refractivity contribution in [2.45, 2.75) is 32.0 Å². The molecule has 3 atom stereocenters. The van der Waals surface area contributed by atoms with E-state index in [9.17, 15) is 22.4 Å². The van der Waals surface area contributed by atoms with Gasteiger partial charge in [0.1, 0.15) is 22.9 Å². The van der Waals surface area contributed by atoms with E-state index in [1.165, 1.54) is 24.3 Å². The molecule has 0 unspecified atom stereocenters. The van der Waals surface area contributed by atoms with Gasteiger partial charge in [0.05, 0.1) is 18.2 Å². The fourth-order valence-corrected chi connectivity index (χ4v) is 3.59. The predicted molar refractivity (Wildman–Crippen MR) is 106 cm³/mol. The highest BCUT2D eigenvalue weighted by Crippen LogP contribution is 2.42. The minimum Gasteiger partial charge on any atom is -0.493 e. The Morgan fingerprint density at radius 1 is 1.19 bits per heavy atom. The maximum Gasteiger partial charge on any atom is 0.416 e. The van der Waals surface area contributed by atoms with Crippen molar-refractivity contribution in [3.05, 3.63) is 65.7 Å². The van der Waals surface area contributed by atoms with Crippen LogP contribution >= 0.6 is 0 Å². The number of halogens is 4. The third-order valence-electron chi connectivity index (χ3n) is 5.44. The zero-order valence-electron chi connectivity index (χ0n) is 16.7. The summed E-state index contributed by atoms with van der Waals surface area (Å²) >= 11 is 0. The molecule has 0 bridgehead atoms. The van der Waals surface area contributed by atoms with Crippen molar-refractivity contribution < 1.29 is 31.5 Å². The molecule has 1 heterocycles. The summed E-state index contributed by atoms with van der Waals surface area (Å²) in [6.07, 6.45) is -3.33. The van der Waals surface area contributed by atoms with Gasteiger partial charge in [0.2, 0.25) is 5.91 Å². The number of alkyl halides is 3. The van der Waals surface area contributed by atoms with Crippen molar-refractivity contribution in [1.82, 2.24) is 5.32 Å². The standard InChI is InChI=1S/C23H21F4NO3/c1-13(21-9-15-8-18(24)5-6-20(15)31-21)28-22(29)10-14-7-16(14)12-30-19-4-2-3-17(11-19)23(25,26)27/h2-6,8-9,11,13-14,16H,7,10,12H2,1H3,(H,28,29)/t13-,14-,16+/m1/s1. The number of carbonyl (C=O) groups excluding carboxylic acids is 1. The van der Waals surface area contributed by atoms with Crippen LogP contribution in [0.1, 0.15) is 37.1 Å². The highest BCUT2D eigenvalue weighted by Gasteiger charge is 2.39. The zero-order valence-corrected chi connectivity index (χ0v) is 16.7. The number of furan rings is 1. The van der Waals surface area contributed by atoms with E-state index in [-0.39, 0.29) is 42.0 Å². The van der Waals surface area contributed by atoms with Gasteiger partial charge in [-0.05, 0) is 67.6 Å². The van der Waals surface area contributed by atoms with E-state index >= 15 is 0 Å². The van der Waals surface area contributed by atoms with Crippen LogP contribution in [0.4, 0.5) is 17.6 Å². The molecular formula is C23H21F4NO3. The second kappa shape index (κ2) is 8.24. The highest BCUT2D eigenvalue weighted by atomic mass is 19.4. The molecule has 1 aliphatic rings. The van der Waals surface area contributed by atoms with Crippen LogP contribution in [-0.2, 0) is 11.0 Å². The number of amides is 1. The van der Waals surface area contributed by atoms with E-state index in [0.717, 1.165) is 18.6 Å². The molecule has 8 heteroatoms. The van der Waals surface area contributed by atoms with Crippen molar-refractivity contribution in [2.24, 2.45) is 11.8 Å². The van der Waals surface area contributed by atoms with E-state index in [1.807, 2.05) is 0 Å². The lowest BCUT2D eigenvalue weighted by Crippen LogP contribution is -2.26. The van der Waals surface area contributed by atoms with E-state index in [0.29, 0.717) is 23.2 Å². The molecule has 0 aliphatic heterocycles. The van der Waals surface area contributed by atoms with E-state index in [4.69, 9.17) is 9.15 Å². The lowest BCUT2D eigenvalue weighted by molar-refractivity contribution is -0.137. The van der Waals surface area contributed by atoms with Crippen LogP contribution in [0, 0.1) is 17.7 Å².